The van der Waals surface area contributed by atoms with Crippen molar-refractivity contribution in [1.82, 2.24) is 9.62 Å². The average molecular weight is 533 g/mol. The third kappa shape index (κ3) is 3.95. The van der Waals surface area contributed by atoms with Gasteiger partial charge in [0, 0.05) is 36.5 Å². The number of fused-ring (bicyclic) bond motifs is 3. The Kier molecular flexibility index (Phi) is 6.52. The van der Waals surface area contributed by atoms with Crippen molar-refractivity contribution in [3.05, 3.63) is 39.8 Å². The Morgan fingerprint density at radius 3 is 2.30 bits per heavy atom. The fourth-order valence-corrected chi connectivity index (χ4v) is 6.61. The van der Waals surface area contributed by atoms with Gasteiger partial charge in [-0.05, 0) is 54.4 Å². The van der Waals surface area contributed by atoms with Gasteiger partial charge >= 0.3 is 0 Å². The van der Waals surface area contributed by atoms with Gasteiger partial charge in [0.1, 0.15) is 34.0 Å². The van der Waals surface area contributed by atoms with Gasteiger partial charge in [-0.2, -0.15) is 0 Å². The molecule has 3 N–H and O–H groups in total. The van der Waals surface area contributed by atoms with Crippen LogP contribution in [0.5, 0.6) is 17.2 Å². The molecule has 1 aliphatic carbocycles. The van der Waals surface area contributed by atoms with Crippen molar-refractivity contribution in [3.8, 4) is 17.2 Å². The van der Waals surface area contributed by atoms with E-state index in [0.717, 1.165) is 0 Å². The molecule has 3 aliphatic rings. The summed E-state index contributed by atoms with van der Waals surface area (Å²) in [5.41, 5.74) is -1.44. The average Bonchev–Trinajstić information content (AvgIpc) is 3.10. The molecule has 2 aliphatic heterocycles. The van der Waals surface area contributed by atoms with Crippen molar-refractivity contribution in [2.75, 3.05) is 13.1 Å². The Morgan fingerprint density at radius 2 is 1.76 bits per heavy atom. The van der Waals surface area contributed by atoms with Crippen LogP contribution in [0.3, 0.4) is 0 Å². The van der Waals surface area contributed by atoms with Crippen LogP contribution < -0.4 is 10.1 Å². The number of piperidine rings is 1. The van der Waals surface area contributed by atoms with Crippen LogP contribution in [-0.2, 0) is 25.0 Å². The van der Waals surface area contributed by atoms with Crippen LogP contribution >= 0.6 is 0 Å². The van der Waals surface area contributed by atoms with Crippen molar-refractivity contribution in [3.63, 3.8) is 0 Å². The topological polar surface area (TPSA) is 150 Å². The van der Waals surface area contributed by atoms with Crippen LogP contribution in [0.2, 0.25) is 0 Å². The number of Topliss-reactive ketones (excluding diaryl/α,β-unsaturated/α-hetero) is 2. The summed E-state index contributed by atoms with van der Waals surface area (Å²) >= 11 is 0. The number of ketones is 3. The number of hydrogen-bond donors (Lipinski definition) is 3. The van der Waals surface area contributed by atoms with Crippen LogP contribution in [0.15, 0.2) is 23.1 Å². The lowest BCUT2D eigenvalue weighted by molar-refractivity contribution is -0.123. The molecule has 1 saturated heterocycles. The lowest BCUT2D eigenvalue weighted by atomic mass is 9.70. The maximum atomic E-state index is 13.9. The summed E-state index contributed by atoms with van der Waals surface area (Å²) < 4.78 is 32.2. The van der Waals surface area contributed by atoms with E-state index >= 15 is 0 Å². The third-order valence-electron chi connectivity index (χ3n) is 7.59. The molecule has 4 rings (SSSR count). The number of rotatable bonds is 5. The van der Waals surface area contributed by atoms with E-state index in [1.54, 1.807) is 20.8 Å². The molecule has 200 valence electrons. The summed E-state index contributed by atoms with van der Waals surface area (Å²) in [6.45, 7) is 9.73. The molecule has 1 aromatic rings. The SMILES string of the molecule is CC(=O)c1c(O)c(C)c(O)c2c1OC1=CC(=O)/C(=C(/C)NC3CCN(S(=O)(=O)C(C)C)CC3)C(=O)[C@@]12C. The highest BCUT2D eigenvalue weighted by Crippen LogP contribution is 2.57. The predicted molar refractivity (Wildman–Crippen MR) is 135 cm³/mol. The molecule has 0 unspecified atom stereocenters. The Bertz CT molecular complexity index is 1400. The van der Waals surface area contributed by atoms with Crippen molar-refractivity contribution < 1.29 is 37.8 Å². The van der Waals surface area contributed by atoms with Crippen LogP contribution in [0.4, 0.5) is 0 Å². The monoisotopic (exact) mass is 532 g/mol. The zero-order chi connectivity index (χ0) is 27.6. The van der Waals surface area contributed by atoms with Gasteiger partial charge in [-0.25, -0.2) is 12.7 Å². The summed E-state index contributed by atoms with van der Waals surface area (Å²) in [5, 5.41) is 24.1. The number of phenols is 2. The highest BCUT2D eigenvalue weighted by molar-refractivity contribution is 7.89. The first-order valence-electron chi connectivity index (χ1n) is 12.2. The van der Waals surface area contributed by atoms with E-state index in [-0.39, 0.29) is 45.6 Å². The van der Waals surface area contributed by atoms with E-state index in [1.165, 1.54) is 31.2 Å². The number of ether oxygens (including phenoxy) is 1. The molecule has 2 heterocycles. The summed E-state index contributed by atoms with van der Waals surface area (Å²) in [4.78, 5) is 39.3. The molecule has 0 radical (unpaired) electrons. The number of carbonyl (C=O) groups excluding carboxylic acids is 3. The van der Waals surface area contributed by atoms with Gasteiger partial charge in [0.2, 0.25) is 10.0 Å². The van der Waals surface area contributed by atoms with Crippen LogP contribution in [0, 0.1) is 6.92 Å². The van der Waals surface area contributed by atoms with Gasteiger partial charge in [0.25, 0.3) is 0 Å². The van der Waals surface area contributed by atoms with Crippen molar-refractivity contribution in [2.24, 2.45) is 0 Å². The lowest BCUT2D eigenvalue weighted by Crippen LogP contribution is -2.47. The molecule has 11 heteroatoms. The first-order chi connectivity index (χ1) is 17.1. The number of sulfonamides is 1. The van der Waals surface area contributed by atoms with Gasteiger partial charge < -0.3 is 20.3 Å². The zero-order valence-corrected chi connectivity index (χ0v) is 22.6. The fourth-order valence-electron chi connectivity index (χ4n) is 5.29. The lowest BCUT2D eigenvalue weighted by Gasteiger charge is -2.34. The number of nitrogens with one attached hydrogen (secondary N) is 1. The van der Waals surface area contributed by atoms with Crippen molar-refractivity contribution >= 4 is 27.4 Å². The highest BCUT2D eigenvalue weighted by atomic mass is 32.2. The van der Waals surface area contributed by atoms with Crippen molar-refractivity contribution in [2.45, 2.75) is 71.1 Å². The second kappa shape index (κ2) is 8.98. The van der Waals surface area contributed by atoms with E-state index in [9.17, 15) is 33.0 Å². The standard InChI is InChI=1S/C26H32N2O8S/c1-12(2)37(34,35)28-9-7-16(8-10-28)27-14(4)19-17(30)11-18-26(6,25(19)33)21-23(32)13(3)22(31)20(15(5)29)24(21)36-18/h11-12,16,27,31-32H,7-10H2,1-6H3/b19-14+/t26-/m0/s1. The largest absolute Gasteiger partial charge is 0.507 e. The normalized spacial score (nSPS) is 23.9. The minimum Gasteiger partial charge on any atom is -0.507 e. The smallest absolute Gasteiger partial charge is 0.216 e. The predicted octanol–water partition coefficient (Wildman–Crippen LogP) is 2.36. The molecule has 0 amide bonds. The first kappa shape index (κ1) is 26.9. The molecular weight excluding hydrogens is 500 g/mol. The van der Waals surface area contributed by atoms with E-state index in [0.29, 0.717) is 31.6 Å². The minimum absolute atomic E-state index is 0.0240. The van der Waals surface area contributed by atoms with Gasteiger partial charge in [-0.15, -0.1) is 0 Å². The summed E-state index contributed by atoms with van der Waals surface area (Å²) in [5.74, 6) is -2.68. The fraction of sp³-hybridized carbons (Fsp3) is 0.500. The number of benzene rings is 1. The minimum atomic E-state index is -3.36. The highest BCUT2D eigenvalue weighted by Gasteiger charge is 2.56. The van der Waals surface area contributed by atoms with Gasteiger partial charge in [-0.1, -0.05) is 0 Å². The molecule has 0 saturated carbocycles. The van der Waals surface area contributed by atoms with Gasteiger partial charge in [0.15, 0.2) is 17.3 Å². The Hall–Kier alpha value is -3.18. The summed E-state index contributed by atoms with van der Waals surface area (Å²) in [7, 11) is -3.36. The van der Waals surface area contributed by atoms with Gasteiger partial charge in [0.05, 0.1) is 16.4 Å². The zero-order valence-electron chi connectivity index (χ0n) is 21.8. The maximum Gasteiger partial charge on any atom is 0.216 e. The molecular formula is C26H32N2O8S. The van der Waals surface area contributed by atoms with E-state index in [1.807, 2.05) is 0 Å². The number of hydrogen-bond acceptors (Lipinski definition) is 9. The third-order valence-corrected chi connectivity index (χ3v) is 9.87. The van der Waals surface area contributed by atoms with Crippen LogP contribution in [0.25, 0.3) is 0 Å². The van der Waals surface area contributed by atoms with Crippen LogP contribution in [0.1, 0.15) is 68.9 Å². The first-order valence-corrected chi connectivity index (χ1v) is 13.7. The van der Waals surface area contributed by atoms with E-state index in [4.69, 9.17) is 4.74 Å². The molecule has 0 spiro atoms. The molecule has 37 heavy (non-hydrogen) atoms. The number of phenolic OH excluding ortho intramolecular Hbond substituents is 2. The van der Waals surface area contributed by atoms with Crippen molar-refractivity contribution in [1.29, 1.82) is 0 Å². The van der Waals surface area contributed by atoms with Crippen LogP contribution in [-0.4, -0.2) is 64.7 Å². The second-order valence-corrected chi connectivity index (χ2v) is 12.8. The molecule has 1 aromatic carbocycles. The van der Waals surface area contributed by atoms with Gasteiger partial charge in [-0.3, -0.25) is 14.4 Å². The number of nitrogens with zero attached hydrogens (tertiary/aromatic N) is 1. The molecule has 1 fully saturated rings. The quantitative estimate of drug-likeness (QED) is 0.295. The summed E-state index contributed by atoms with van der Waals surface area (Å²) in [6, 6.07) is -0.145. The Labute approximate surface area is 216 Å². The Morgan fingerprint density at radius 1 is 1.16 bits per heavy atom. The molecule has 10 nitrogen and oxygen atoms in total. The molecule has 0 aromatic heterocycles. The second-order valence-electron chi connectivity index (χ2n) is 10.3. The number of carbonyl (C=O) groups is 3. The molecule has 1 atom stereocenters. The molecule has 0 bridgehead atoms. The Balaban J connectivity index is 1.69. The maximum absolute atomic E-state index is 13.9. The van der Waals surface area contributed by atoms with E-state index < -0.39 is 43.8 Å². The number of aromatic hydroxyl groups is 2. The number of allylic oxidation sites excluding steroid dienone is 4. The van der Waals surface area contributed by atoms with E-state index in [2.05, 4.69) is 5.32 Å². The summed E-state index contributed by atoms with van der Waals surface area (Å²) in [6.07, 6.45) is 2.18.